The molecule has 0 spiro atoms. The Balaban J connectivity index is 1.84. The maximum Gasteiger partial charge on any atom is 0.512 e. The van der Waals surface area contributed by atoms with E-state index < -0.39 is 24.2 Å². The number of amidine groups is 1. The molecule has 0 aromatic heterocycles. The summed E-state index contributed by atoms with van der Waals surface area (Å²) < 4.78 is 4.94. The Morgan fingerprint density at radius 2 is 1.97 bits per heavy atom. The number of carbonyl (C=O) groups excluding carboxylic acids is 2. The molecule has 0 saturated carbocycles. The summed E-state index contributed by atoms with van der Waals surface area (Å²) in [7, 11) is 7.04. The van der Waals surface area contributed by atoms with Gasteiger partial charge in [0.05, 0.1) is 23.3 Å². The van der Waals surface area contributed by atoms with Crippen LogP contribution < -0.4 is 0 Å². The van der Waals surface area contributed by atoms with Gasteiger partial charge in [-0.25, -0.2) is 4.79 Å². The van der Waals surface area contributed by atoms with Crippen molar-refractivity contribution >= 4 is 35.6 Å². The van der Waals surface area contributed by atoms with Crippen LogP contribution in [0.4, 0.5) is 4.79 Å². The fourth-order valence-electron chi connectivity index (χ4n) is 4.00. The van der Waals surface area contributed by atoms with Gasteiger partial charge in [0.15, 0.2) is 0 Å². The third kappa shape index (κ3) is 3.80. The van der Waals surface area contributed by atoms with Crippen LogP contribution in [0.2, 0.25) is 0 Å². The summed E-state index contributed by atoms with van der Waals surface area (Å²) in [6.07, 6.45) is -1.46. The van der Waals surface area contributed by atoms with E-state index in [0.29, 0.717) is 17.7 Å². The topological polar surface area (TPSA) is 123 Å². The summed E-state index contributed by atoms with van der Waals surface area (Å²) >= 11 is 1.37. The van der Waals surface area contributed by atoms with Crippen molar-refractivity contribution in [3.63, 3.8) is 0 Å². The lowest BCUT2D eigenvalue weighted by molar-refractivity contribution is -0.161. The first-order valence-electron chi connectivity index (χ1n) is 9.30. The first kappa shape index (κ1) is 21.4. The van der Waals surface area contributed by atoms with Gasteiger partial charge in [-0.15, -0.1) is 11.8 Å². The fraction of sp³-hybridized carbons (Fsp3) is 0.667. The number of ether oxygens (including phenoxy) is 1. The first-order chi connectivity index (χ1) is 13.5. The molecule has 5 atom stereocenters. The third-order valence-corrected chi connectivity index (χ3v) is 6.62. The Labute approximate surface area is 173 Å². The monoisotopic (exact) mass is 426 g/mol. The Bertz CT molecular complexity index is 793. The molecule has 0 radical (unpaired) electrons. The minimum Gasteiger partial charge on any atom is -0.449 e. The van der Waals surface area contributed by atoms with Crippen molar-refractivity contribution in [3.8, 4) is 0 Å². The van der Waals surface area contributed by atoms with Crippen LogP contribution in [0.25, 0.3) is 0 Å². The lowest BCUT2D eigenvalue weighted by atomic mass is 9.84. The maximum atomic E-state index is 12.4. The molecule has 0 aliphatic carbocycles. The van der Waals surface area contributed by atoms with E-state index in [1.54, 1.807) is 21.0 Å². The number of hydrogen-bond acceptors (Lipinski definition) is 8. The van der Waals surface area contributed by atoms with Crippen LogP contribution in [0.1, 0.15) is 19.8 Å². The quantitative estimate of drug-likeness (QED) is 0.478. The SMILES string of the molecule is C[C@@H](O)[C@H]1C(=O)N2C(OC(=O)O)=C(SC3C[C@@H](C(=O)N(C)C)N=C3N(C)C)C[C@H]12. The normalized spacial score (nSPS) is 29.2. The number of β-lactam (4-membered cyclic amide) rings is 1. The van der Waals surface area contributed by atoms with Crippen LogP contribution in [0.5, 0.6) is 0 Å². The van der Waals surface area contributed by atoms with Gasteiger partial charge in [-0.3, -0.25) is 19.5 Å². The second-order valence-corrected chi connectivity index (χ2v) is 9.11. The molecular weight excluding hydrogens is 400 g/mol. The lowest BCUT2D eigenvalue weighted by Gasteiger charge is -2.44. The smallest absolute Gasteiger partial charge is 0.449 e. The molecule has 1 unspecified atom stereocenters. The van der Waals surface area contributed by atoms with Crippen LogP contribution in [-0.4, -0.2) is 100 Å². The van der Waals surface area contributed by atoms with Crippen LogP contribution >= 0.6 is 11.8 Å². The van der Waals surface area contributed by atoms with Crippen LogP contribution in [0.3, 0.4) is 0 Å². The van der Waals surface area contributed by atoms with E-state index in [4.69, 9.17) is 9.84 Å². The average molecular weight is 426 g/mol. The number of thioether (sulfide) groups is 1. The highest BCUT2D eigenvalue weighted by molar-refractivity contribution is 8.04. The third-order valence-electron chi connectivity index (χ3n) is 5.31. The number of aliphatic hydroxyl groups excluding tert-OH is 1. The number of carbonyl (C=O) groups is 3. The lowest BCUT2D eigenvalue weighted by Crippen LogP contribution is -2.61. The molecule has 0 bridgehead atoms. The van der Waals surface area contributed by atoms with Crippen molar-refractivity contribution in [2.24, 2.45) is 10.9 Å². The van der Waals surface area contributed by atoms with Gasteiger partial charge < -0.3 is 24.7 Å². The van der Waals surface area contributed by atoms with Gasteiger partial charge in [-0.05, 0) is 13.3 Å². The van der Waals surface area contributed by atoms with Crippen molar-refractivity contribution in [1.82, 2.24) is 14.7 Å². The number of carboxylic acid groups (broad SMARTS) is 1. The van der Waals surface area contributed by atoms with Gasteiger partial charge in [-0.2, -0.15) is 0 Å². The number of fused-ring (bicyclic) bond motifs is 1. The number of rotatable bonds is 5. The highest BCUT2D eigenvalue weighted by Crippen LogP contribution is 2.49. The molecule has 3 aliphatic rings. The molecule has 11 heteroatoms. The second-order valence-electron chi connectivity index (χ2n) is 7.81. The zero-order valence-corrected chi connectivity index (χ0v) is 17.8. The molecular formula is C18H26N4O6S. The zero-order chi connectivity index (χ0) is 21.6. The predicted molar refractivity (Wildman–Crippen MR) is 106 cm³/mol. The van der Waals surface area contributed by atoms with Crippen molar-refractivity contribution < 1.29 is 29.3 Å². The van der Waals surface area contributed by atoms with E-state index in [1.807, 2.05) is 19.0 Å². The number of nitrogens with zero attached hydrogens (tertiary/aromatic N) is 4. The zero-order valence-electron chi connectivity index (χ0n) is 17.0. The molecule has 1 fully saturated rings. The van der Waals surface area contributed by atoms with Crippen molar-refractivity contribution in [2.45, 2.75) is 43.2 Å². The van der Waals surface area contributed by atoms with E-state index in [9.17, 15) is 19.5 Å². The molecule has 2 N–H and O–H groups in total. The Morgan fingerprint density at radius 1 is 1.31 bits per heavy atom. The van der Waals surface area contributed by atoms with Crippen LogP contribution in [-0.2, 0) is 14.3 Å². The van der Waals surface area contributed by atoms with Crippen LogP contribution in [0, 0.1) is 5.92 Å². The molecule has 10 nitrogen and oxygen atoms in total. The van der Waals surface area contributed by atoms with Crippen molar-refractivity contribution in [2.75, 3.05) is 28.2 Å². The highest BCUT2D eigenvalue weighted by atomic mass is 32.2. The molecule has 3 heterocycles. The minimum absolute atomic E-state index is 0.00916. The summed E-state index contributed by atoms with van der Waals surface area (Å²) in [6, 6.07) is -0.825. The van der Waals surface area contributed by atoms with Gasteiger partial charge in [0.25, 0.3) is 0 Å². The minimum atomic E-state index is -1.50. The largest absolute Gasteiger partial charge is 0.512 e. The second kappa shape index (κ2) is 7.86. The van der Waals surface area contributed by atoms with Crippen LogP contribution in [0.15, 0.2) is 15.8 Å². The number of aliphatic hydroxyl groups is 1. The number of hydrogen-bond donors (Lipinski definition) is 2. The summed E-state index contributed by atoms with van der Waals surface area (Å²) in [6.45, 7) is 1.55. The average Bonchev–Trinajstić information content (AvgIpc) is 3.13. The number of amides is 2. The number of likely N-dealkylation sites (N-methyl/N-ethyl adjacent to an activating group) is 1. The van der Waals surface area contributed by atoms with Gasteiger partial charge in [0.2, 0.25) is 17.7 Å². The van der Waals surface area contributed by atoms with E-state index in [-0.39, 0.29) is 29.0 Å². The molecule has 0 aromatic rings. The highest BCUT2D eigenvalue weighted by Gasteiger charge is 2.57. The van der Waals surface area contributed by atoms with E-state index in [1.165, 1.54) is 21.6 Å². The first-order valence-corrected chi connectivity index (χ1v) is 10.2. The Kier molecular flexibility index (Phi) is 5.81. The predicted octanol–water partition coefficient (Wildman–Crippen LogP) is 0.384. The maximum absolute atomic E-state index is 12.4. The van der Waals surface area contributed by atoms with Crippen molar-refractivity contribution in [1.29, 1.82) is 0 Å². The molecule has 0 aromatic carbocycles. The van der Waals surface area contributed by atoms with Gasteiger partial charge in [-0.1, -0.05) is 0 Å². The summed E-state index contributed by atoms with van der Waals surface area (Å²) in [5, 5.41) is 18.8. The van der Waals surface area contributed by atoms with Crippen molar-refractivity contribution in [3.05, 3.63) is 10.8 Å². The molecule has 3 aliphatic heterocycles. The van der Waals surface area contributed by atoms with Gasteiger partial charge >= 0.3 is 6.16 Å². The number of aliphatic imine (C=N–C) groups is 1. The standard InChI is InChI=1S/C18H26N4O6S/c1-8(23)13-10-7-12(17(28-18(26)27)22(10)16(13)25)29-11-6-9(15(24)21(4)5)19-14(11)20(2)3/h8-11,13,23H,6-7H2,1-5H3,(H,26,27)/t8-,9+,10-,11?,13-/m1/s1. The summed E-state index contributed by atoms with van der Waals surface area (Å²) in [5.41, 5.74) is 0. The Hall–Kier alpha value is -2.27. The van der Waals surface area contributed by atoms with Gasteiger partial charge in [0, 0.05) is 39.5 Å². The molecule has 160 valence electrons. The molecule has 29 heavy (non-hydrogen) atoms. The fourth-order valence-corrected chi connectivity index (χ4v) is 5.50. The van der Waals surface area contributed by atoms with E-state index in [2.05, 4.69) is 4.99 Å². The summed E-state index contributed by atoms with van der Waals surface area (Å²) in [5.74, 6) is -0.275. The summed E-state index contributed by atoms with van der Waals surface area (Å²) in [4.78, 5) is 45.8. The molecule has 3 rings (SSSR count). The van der Waals surface area contributed by atoms with Gasteiger partial charge in [0.1, 0.15) is 11.9 Å². The van der Waals surface area contributed by atoms with E-state index in [0.717, 1.165) is 5.84 Å². The van der Waals surface area contributed by atoms with E-state index >= 15 is 0 Å². The molecule has 1 saturated heterocycles. The Morgan fingerprint density at radius 3 is 2.48 bits per heavy atom. The molecule has 2 amide bonds.